The van der Waals surface area contributed by atoms with Crippen molar-refractivity contribution in [2.45, 2.75) is 58.2 Å². The number of hydrogen-bond donors (Lipinski definition) is 1. The fraction of sp³-hybridized carbons (Fsp3) is 0.417. The molecule has 0 spiro atoms. The summed E-state index contributed by atoms with van der Waals surface area (Å²) < 4.78 is 19.0. The molecule has 0 heterocycles. The molecule has 0 saturated heterocycles. The fourth-order valence-corrected chi connectivity index (χ4v) is 3.81. The molecule has 0 radical (unpaired) electrons. The monoisotopic (exact) mass is 446 g/mol. The number of nitrogens with zero attached hydrogens (tertiary/aromatic N) is 1. The lowest BCUT2D eigenvalue weighted by Gasteiger charge is -2.29. The van der Waals surface area contributed by atoms with Gasteiger partial charge in [-0.15, -0.1) is 0 Å². The van der Waals surface area contributed by atoms with Crippen molar-refractivity contribution in [3.05, 3.63) is 64.4 Å². The molecule has 1 saturated carbocycles. The Hall–Kier alpha value is -2.60. The molecule has 2 amide bonds. The Kier molecular flexibility index (Phi) is 7.91. The van der Waals surface area contributed by atoms with E-state index in [4.69, 9.17) is 16.3 Å². The molecule has 7 heteroatoms. The molecule has 0 aliphatic heterocycles. The van der Waals surface area contributed by atoms with E-state index in [1.54, 1.807) is 37.3 Å². The van der Waals surface area contributed by atoms with Gasteiger partial charge in [-0.25, -0.2) is 4.39 Å². The van der Waals surface area contributed by atoms with Gasteiger partial charge in [-0.1, -0.05) is 36.6 Å². The number of carbonyl (C=O) groups is 2. The first-order valence-corrected chi connectivity index (χ1v) is 10.9. The SMILES string of the molecule is Cc1cc(OCC(=O)N(Cc2ccc(F)cc2)[C@@H](C)C(=O)NC2CCCC2)ccc1Cl. The van der Waals surface area contributed by atoms with Gasteiger partial charge in [0.15, 0.2) is 6.61 Å². The van der Waals surface area contributed by atoms with Gasteiger partial charge in [0.05, 0.1) is 0 Å². The lowest BCUT2D eigenvalue weighted by Crippen LogP contribution is -2.50. The highest BCUT2D eigenvalue weighted by molar-refractivity contribution is 6.31. The molecular formula is C24H28ClFN2O3. The summed E-state index contributed by atoms with van der Waals surface area (Å²) in [5.74, 6) is -0.342. The molecule has 5 nitrogen and oxygen atoms in total. The predicted molar refractivity (Wildman–Crippen MR) is 118 cm³/mol. The number of hydrogen-bond acceptors (Lipinski definition) is 3. The third-order valence-corrected chi connectivity index (χ3v) is 6.05. The number of nitrogens with one attached hydrogen (secondary N) is 1. The Morgan fingerprint density at radius 3 is 2.52 bits per heavy atom. The molecule has 1 aliphatic rings. The van der Waals surface area contributed by atoms with Crippen molar-refractivity contribution in [2.24, 2.45) is 0 Å². The van der Waals surface area contributed by atoms with E-state index in [1.165, 1.54) is 17.0 Å². The van der Waals surface area contributed by atoms with Crippen molar-refractivity contribution in [1.29, 1.82) is 0 Å². The maximum absolute atomic E-state index is 13.3. The van der Waals surface area contributed by atoms with Gasteiger partial charge in [-0.05, 0) is 68.1 Å². The van der Waals surface area contributed by atoms with Crippen molar-refractivity contribution in [3.63, 3.8) is 0 Å². The highest BCUT2D eigenvalue weighted by Gasteiger charge is 2.28. The van der Waals surface area contributed by atoms with Crippen molar-refractivity contribution < 1.29 is 18.7 Å². The molecule has 31 heavy (non-hydrogen) atoms. The molecule has 0 aromatic heterocycles. The number of rotatable bonds is 8. The lowest BCUT2D eigenvalue weighted by molar-refractivity contribution is -0.142. The number of benzene rings is 2. The maximum Gasteiger partial charge on any atom is 0.261 e. The van der Waals surface area contributed by atoms with Crippen LogP contribution >= 0.6 is 11.6 Å². The topological polar surface area (TPSA) is 58.6 Å². The Morgan fingerprint density at radius 2 is 1.87 bits per heavy atom. The number of amides is 2. The van der Waals surface area contributed by atoms with Gasteiger partial charge < -0.3 is 15.0 Å². The van der Waals surface area contributed by atoms with E-state index in [9.17, 15) is 14.0 Å². The van der Waals surface area contributed by atoms with Gasteiger partial charge in [0.25, 0.3) is 5.91 Å². The summed E-state index contributed by atoms with van der Waals surface area (Å²) in [5.41, 5.74) is 1.58. The quantitative estimate of drug-likeness (QED) is 0.642. The summed E-state index contributed by atoms with van der Waals surface area (Å²) in [6.07, 6.45) is 4.13. The summed E-state index contributed by atoms with van der Waals surface area (Å²) >= 11 is 6.04. The molecule has 0 bridgehead atoms. The third kappa shape index (κ3) is 6.44. The summed E-state index contributed by atoms with van der Waals surface area (Å²) in [6, 6.07) is 10.5. The molecule has 2 aromatic carbocycles. The predicted octanol–water partition coefficient (Wildman–Crippen LogP) is 4.64. The largest absolute Gasteiger partial charge is 0.484 e. The fourth-order valence-electron chi connectivity index (χ4n) is 3.70. The minimum absolute atomic E-state index is 0.158. The molecule has 0 unspecified atom stereocenters. The second kappa shape index (κ2) is 10.6. The van der Waals surface area contributed by atoms with Crippen LogP contribution in [0.2, 0.25) is 5.02 Å². The Morgan fingerprint density at radius 1 is 1.19 bits per heavy atom. The molecule has 2 aromatic rings. The van der Waals surface area contributed by atoms with Gasteiger partial charge in [0.1, 0.15) is 17.6 Å². The smallest absolute Gasteiger partial charge is 0.261 e. The van der Waals surface area contributed by atoms with Crippen LogP contribution in [0, 0.1) is 12.7 Å². The molecule has 1 fully saturated rings. The second-order valence-electron chi connectivity index (χ2n) is 8.01. The molecule has 3 rings (SSSR count). The van der Waals surface area contributed by atoms with E-state index in [-0.39, 0.29) is 36.8 Å². The minimum Gasteiger partial charge on any atom is -0.484 e. The van der Waals surface area contributed by atoms with Crippen molar-refractivity contribution >= 4 is 23.4 Å². The van der Waals surface area contributed by atoms with E-state index in [0.29, 0.717) is 10.8 Å². The summed E-state index contributed by atoms with van der Waals surface area (Å²) in [6.45, 7) is 3.52. The van der Waals surface area contributed by atoms with Crippen LogP contribution in [0.5, 0.6) is 5.75 Å². The van der Waals surface area contributed by atoms with Gasteiger partial charge >= 0.3 is 0 Å². The molecule has 1 atom stereocenters. The summed E-state index contributed by atoms with van der Waals surface area (Å²) in [4.78, 5) is 27.3. The minimum atomic E-state index is -0.686. The van der Waals surface area contributed by atoms with Gasteiger partial charge in [-0.3, -0.25) is 9.59 Å². The van der Waals surface area contributed by atoms with Crippen LogP contribution in [-0.4, -0.2) is 35.4 Å². The zero-order chi connectivity index (χ0) is 22.4. The van der Waals surface area contributed by atoms with Gasteiger partial charge in [0, 0.05) is 17.6 Å². The lowest BCUT2D eigenvalue weighted by atomic mass is 10.1. The zero-order valence-electron chi connectivity index (χ0n) is 17.9. The van der Waals surface area contributed by atoms with E-state index >= 15 is 0 Å². The van der Waals surface area contributed by atoms with Crippen molar-refractivity contribution in [3.8, 4) is 5.75 Å². The third-order valence-electron chi connectivity index (χ3n) is 5.63. The first-order valence-electron chi connectivity index (χ1n) is 10.6. The summed E-state index contributed by atoms with van der Waals surface area (Å²) in [7, 11) is 0. The summed E-state index contributed by atoms with van der Waals surface area (Å²) in [5, 5.41) is 3.67. The van der Waals surface area contributed by atoms with Crippen molar-refractivity contribution in [2.75, 3.05) is 6.61 Å². The molecule has 1 aliphatic carbocycles. The van der Waals surface area contributed by atoms with Crippen LogP contribution < -0.4 is 10.1 Å². The number of ether oxygens (including phenoxy) is 1. The highest BCUT2D eigenvalue weighted by atomic mass is 35.5. The highest BCUT2D eigenvalue weighted by Crippen LogP contribution is 2.22. The van der Waals surface area contributed by atoms with Crippen LogP contribution in [-0.2, 0) is 16.1 Å². The Labute approximate surface area is 187 Å². The van der Waals surface area contributed by atoms with Crippen LogP contribution in [0.1, 0.15) is 43.7 Å². The van der Waals surface area contributed by atoms with E-state index in [0.717, 1.165) is 36.8 Å². The number of halogens is 2. The van der Waals surface area contributed by atoms with E-state index in [2.05, 4.69) is 5.32 Å². The van der Waals surface area contributed by atoms with E-state index < -0.39 is 6.04 Å². The first kappa shape index (κ1) is 23.1. The zero-order valence-corrected chi connectivity index (χ0v) is 18.6. The average molecular weight is 447 g/mol. The van der Waals surface area contributed by atoms with Crippen molar-refractivity contribution in [1.82, 2.24) is 10.2 Å². The Bertz CT molecular complexity index is 914. The van der Waals surface area contributed by atoms with E-state index in [1.807, 2.05) is 6.92 Å². The van der Waals surface area contributed by atoms with Crippen LogP contribution in [0.4, 0.5) is 4.39 Å². The van der Waals surface area contributed by atoms with Gasteiger partial charge in [0.2, 0.25) is 5.91 Å². The second-order valence-corrected chi connectivity index (χ2v) is 8.42. The molecule has 166 valence electrons. The Balaban J connectivity index is 1.71. The standard InChI is InChI=1S/C24H28ClFN2O3/c1-16-13-21(11-12-22(16)25)31-15-23(29)28(14-18-7-9-19(26)10-8-18)17(2)24(30)27-20-5-3-4-6-20/h7-13,17,20H,3-6,14-15H2,1-2H3,(H,27,30)/t17-/m0/s1. The number of aryl methyl sites for hydroxylation is 1. The van der Waals surface area contributed by atoms with Crippen LogP contribution in [0.25, 0.3) is 0 Å². The number of carbonyl (C=O) groups excluding carboxylic acids is 2. The average Bonchev–Trinajstić information content (AvgIpc) is 3.26. The maximum atomic E-state index is 13.3. The normalized spacial score (nSPS) is 14.8. The van der Waals surface area contributed by atoms with Gasteiger partial charge in [-0.2, -0.15) is 0 Å². The van der Waals surface area contributed by atoms with Crippen LogP contribution in [0.15, 0.2) is 42.5 Å². The molecular weight excluding hydrogens is 419 g/mol. The molecule has 1 N–H and O–H groups in total. The first-order chi connectivity index (χ1) is 14.8. The van der Waals surface area contributed by atoms with Crippen LogP contribution in [0.3, 0.4) is 0 Å².